The van der Waals surface area contributed by atoms with Crippen molar-refractivity contribution < 1.29 is 4.74 Å². The molecule has 5 nitrogen and oxygen atoms in total. The summed E-state index contributed by atoms with van der Waals surface area (Å²) in [5.41, 5.74) is 0.291. The molecular weight excluding hydrogens is 276 g/mol. The summed E-state index contributed by atoms with van der Waals surface area (Å²) in [7, 11) is 0. The van der Waals surface area contributed by atoms with Crippen LogP contribution in [-0.2, 0) is 0 Å². The lowest BCUT2D eigenvalue weighted by Crippen LogP contribution is -2.23. The van der Waals surface area contributed by atoms with Crippen LogP contribution in [0.25, 0.3) is 0 Å². The number of nitrogens with zero attached hydrogens (tertiary/aromatic N) is 3. The van der Waals surface area contributed by atoms with E-state index in [1.807, 2.05) is 25.1 Å². The predicted octanol–water partition coefficient (Wildman–Crippen LogP) is 2.88. The van der Waals surface area contributed by atoms with Crippen molar-refractivity contribution in [3.8, 4) is 11.8 Å². The van der Waals surface area contributed by atoms with Crippen molar-refractivity contribution in [3.63, 3.8) is 0 Å². The molecule has 0 saturated heterocycles. The maximum Gasteiger partial charge on any atom is 0.158 e. The maximum absolute atomic E-state index is 8.63. The Kier molecular flexibility index (Phi) is 4.75. The third-order valence-electron chi connectivity index (χ3n) is 2.47. The minimum Gasteiger partial charge on any atom is -0.489 e. The van der Waals surface area contributed by atoms with E-state index in [0.29, 0.717) is 23.1 Å². The van der Waals surface area contributed by atoms with Gasteiger partial charge in [0.1, 0.15) is 23.7 Å². The molecule has 0 amide bonds. The van der Waals surface area contributed by atoms with Gasteiger partial charge < -0.3 is 10.1 Å². The van der Waals surface area contributed by atoms with Gasteiger partial charge in [0.15, 0.2) is 5.69 Å². The van der Waals surface area contributed by atoms with Crippen LogP contribution in [0.1, 0.15) is 12.6 Å². The van der Waals surface area contributed by atoms with Crippen molar-refractivity contribution in [3.05, 3.63) is 47.4 Å². The van der Waals surface area contributed by atoms with Gasteiger partial charge in [-0.15, -0.1) is 0 Å². The SMILES string of the molecule is CC(CNc1cnc(C#N)cn1)Oc1cccc(Cl)c1. The Balaban J connectivity index is 1.85. The normalized spacial score (nSPS) is 11.4. The zero-order valence-electron chi connectivity index (χ0n) is 10.9. The van der Waals surface area contributed by atoms with Crippen LogP contribution >= 0.6 is 11.6 Å². The third-order valence-corrected chi connectivity index (χ3v) is 2.71. The Morgan fingerprint density at radius 2 is 2.25 bits per heavy atom. The molecule has 102 valence electrons. The number of nitrogens with one attached hydrogen (secondary N) is 1. The topological polar surface area (TPSA) is 70.8 Å². The van der Waals surface area contributed by atoms with Gasteiger partial charge in [-0.2, -0.15) is 5.26 Å². The van der Waals surface area contributed by atoms with E-state index < -0.39 is 0 Å². The lowest BCUT2D eigenvalue weighted by atomic mass is 10.3. The first-order chi connectivity index (χ1) is 9.67. The second-order valence-electron chi connectivity index (χ2n) is 4.17. The van der Waals surface area contributed by atoms with E-state index in [-0.39, 0.29) is 6.10 Å². The van der Waals surface area contributed by atoms with Crippen molar-refractivity contribution in [1.82, 2.24) is 9.97 Å². The van der Waals surface area contributed by atoms with Gasteiger partial charge in [-0.1, -0.05) is 17.7 Å². The number of hydrogen-bond acceptors (Lipinski definition) is 5. The van der Waals surface area contributed by atoms with E-state index in [0.717, 1.165) is 5.75 Å². The minimum absolute atomic E-state index is 0.0640. The molecule has 0 bridgehead atoms. The first kappa shape index (κ1) is 14.1. The summed E-state index contributed by atoms with van der Waals surface area (Å²) in [6, 6.07) is 9.17. The van der Waals surface area contributed by atoms with Crippen LogP contribution in [0.4, 0.5) is 5.82 Å². The van der Waals surface area contributed by atoms with Crippen LogP contribution in [0, 0.1) is 11.3 Å². The molecule has 0 saturated carbocycles. The van der Waals surface area contributed by atoms with E-state index in [1.54, 1.807) is 12.1 Å². The minimum atomic E-state index is -0.0640. The molecule has 1 N–H and O–H groups in total. The summed E-state index contributed by atoms with van der Waals surface area (Å²) in [5, 5.41) is 12.4. The van der Waals surface area contributed by atoms with Crippen molar-refractivity contribution >= 4 is 17.4 Å². The zero-order valence-corrected chi connectivity index (χ0v) is 11.6. The van der Waals surface area contributed by atoms with Crippen molar-refractivity contribution in [2.75, 3.05) is 11.9 Å². The second kappa shape index (κ2) is 6.73. The van der Waals surface area contributed by atoms with Crippen LogP contribution in [0.15, 0.2) is 36.7 Å². The molecule has 0 aliphatic rings. The third kappa shape index (κ3) is 4.11. The largest absolute Gasteiger partial charge is 0.489 e. The van der Waals surface area contributed by atoms with E-state index >= 15 is 0 Å². The monoisotopic (exact) mass is 288 g/mol. The molecule has 0 spiro atoms. The first-order valence-corrected chi connectivity index (χ1v) is 6.43. The molecule has 2 aromatic rings. The highest BCUT2D eigenvalue weighted by molar-refractivity contribution is 6.30. The summed E-state index contributed by atoms with van der Waals surface area (Å²) in [5.74, 6) is 1.32. The lowest BCUT2D eigenvalue weighted by molar-refractivity contribution is 0.234. The number of nitriles is 1. The number of ether oxygens (including phenoxy) is 1. The summed E-state index contributed by atoms with van der Waals surface area (Å²) in [4.78, 5) is 8.00. The molecule has 0 radical (unpaired) electrons. The van der Waals surface area contributed by atoms with Gasteiger partial charge in [0.05, 0.1) is 18.9 Å². The van der Waals surface area contributed by atoms with Crippen LogP contribution in [0.5, 0.6) is 5.75 Å². The molecule has 1 atom stereocenters. The maximum atomic E-state index is 8.63. The number of rotatable bonds is 5. The summed E-state index contributed by atoms with van der Waals surface area (Å²) in [6.07, 6.45) is 2.88. The van der Waals surface area contributed by atoms with Crippen molar-refractivity contribution in [2.24, 2.45) is 0 Å². The molecule has 20 heavy (non-hydrogen) atoms. The fourth-order valence-electron chi connectivity index (χ4n) is 1.54. The van der Waals surface area contributed by atoms with Gasteiger partial charge in [0.2, 0.25) is 0 Å². The number of benzene rings is 1. The fraction of sp³-hybridized carbons (Fsp3) is 0.214. The predicted molar refractivity (Wildman–Crippen MR) is 76.8 cm³/mol. The quantitative estimate of drug-likeness (QED) is 0.916. The molecular formula is C14H13ClN4O. The molecule has 1 aromatic heterocycles. The average molecular weight is 289 g/mol. The fourth-order valence-corrected chi connectivity index (χ4v) is 1.72. The molecule has 2 rings (SSSR count). The summed E-state index contributed by atoms with van der Waals surface area (Å²) in [6.45, 7) is 2.50. The van der Waals surface area contributed by atoms with Gasteiger partial charge in [-0.05, 0) is 25.1 Å². The smallest absolute Gasteiger partial charge is 0.158 e. The Hall–Kier alpha value is -2.32. The molecule has 1 aromatic carbocycles. The summed E-state index contributed by atoms with van der Waals surface area (Å²) < 4.78 is 5.71. The lowest BCUT2D eigenvalue weighted by Gasteiger charge is -2.15. The van der Waals surface area contributed by atoms with Gasteiger partial charge in [-0.3, -0.25) is 0 Å². The van der Waals surface area contributed by atoms with Gasteiger partial charge in [0, 0.05) is 5.02 Å². The van der Waals surface area contributed by atoms with Crippen molar-refractivity contribution in [2.45, 2.75) is 13.0 Å². The highest BCUT2D eigenvalue weighted by Crippen LogP contribution is 2.18. The number of halogens is 1. The summed E-state index contributed by atoms with van der Waals surface area (Å²) >= 11 is 5.89. The van der Waals surface area contributed by atoms with E-state index in [2.05, 4.69) is 15.3 Å². The highest BCUT2D eigenvalue weighted by Gasteiger charge is 2.05. The number of hydrogen-bond donors (Lipinski definition) is 1. The number of anilines is 1. The first-order valence-electron chi connectivity index (χ1n) is 6.05. The highest BCUT2D eigenvalue weighted by atomic mass is 35.5. The Bertz CT molecular complexity index is 609. The van der Waals surface area contributed by atoms with Crippen LogP contribution in [0.2, 0.25) is 5.02 Å². The molecule has 1 heterocycles. The molecule has 1 unspecified atom stereocenters. The number of aromatic nitrogens is 2. The van der Waals surface area contributed by atoms with E-state index in [1.165, 1.54) is 12.4 Å². The molecule has 0 aliphatic carbocycles. The van der Waals surface area contributed by atoms with Crippen molar-refractivity contribution in [1.29, 1.82) is 5.26 Å². The molecule has 6 heteroatoms. The standard InChI is InChI=1S/C14H13ClN4O/c1-10(20-13-4-2-3-11(15)5-13)7-18-14-9-17-12(6-16)8-19-14/h2-5,8-10H,7H2,1H3,(H,18,19). The Labute approximate surface area is 122 Å². The van der Waals surface area contributed by atoms with E-state index in [4.69, 9.17) is 21.6 Å². The average Bonchev–Trinajstić information content (AvgIpc) is 2.46. The van der Waals surface area contributed by atoms with Gasteiger partial charge >= 0.3 is 0 Å². The van der Waals surface area contributed by atoms with Crippen LogP contribution in [-0.4, -0.2) is 22.6 Å². The Morgan fingerprint density at radius 3 is 2.90 bits per heavy atom. The van der Waals surface area contributed by atoms with Gasteiger partial charge in [0.25, 0.3) is 0 Å². The molecule has 0 fully saturated rings. The molecule has 0 aliphatic heterocycles. The Morgan fingerprint density at radius 1 is 1.40 bits per heavy atom. The van der Waals surface area contributed by atoms with E-state index in [9.17, 15) is 0 Å². The van der Waals surface area contributed by atoms with Gasteiger partial charge in [-0.25, -0.2) is 9.97 Å². The van der Waals surface area contributed by atoms with Crippen LogP contribution in [0.3, 0.4) is 0 Å². The second-order valence-corrected chi connectivity index (χ2v) is 4.60. The zero-order chi connectivity index (χ0) is 14.4. The van der Waals surface area contributed by atoms with Crippen LogP contribution < -0.4 is 10.1 Å².